The minimum Gasteiger partial charge on any atom is -0.506 e. The first-order chi connectivity index (χ1) is 9.16. The van der Waals surface area contributed by atoms with E-state index in [1.807, 2.05) is 12.1 Å². The van der Waals surface area contributed by atoms with Crippen LogP contribution in [0.3, 0.4) is 0 Å². The van der Waals surface area contributed by atoms with Gasteiger partial charge in [0.1, 0.15) is 5.75 Å². The second-order valence-electron chi connectivity index (χ2n) is 4.72. The molecule has 0 fully saturated rings. The summed E-state index contributed by atoms with van der Waals surface area (Å²) in [5, 5.41) is 14.1. The zero-order chi connectivity index (χ0) is 13.4. The first-order valence-electron chi connectivity index (χ1n) is 6.29. The third kappa shape index (κ3) is 1.97. The molecule has 1 N–H and O–H groups in total. The van der Waals surface area contributed by atoms with Crippen LogP contribution in [-0.2, 0) is 13.5 Å². The molecule has 0 aliphatic carbocycles. The molecule has 0 saturated carbocycles. The summed E-state index contributed by atoms with van der Waals surface area (Å²) in [5.41, 5.74) is 2.04. The van der Waals surface area contributed by atoms with Crippen molar-refractivity contribution in [2.45, 2.75) is 12.8 Å². The van der Waals surface area contributed by atoms with E-state index in [0.29, 0.717) is 17.9 Å². The highest BCUT2D eigenvalue weighted by Crippen LogP contribution is 2.35. The number of fused-ring (bicyclic) bond motifs is 1. The van der Waals surface area contributed by atoms with Crippen molar-refractivity contribution in [3.8, 4) is 5.75 Å². The first kappa shape index (κ1) is 11.8. The van der Waals surface area contributed by atoms with E-state index in [9.17, 15) is 9.90 Å². The van der Waals surface area contributed by atoms with Crippen molar-refractivity contribution in [3.05, 3.63) is 41.7 Å². The standard InChI is InChI=1S/C14H15N3O2/c1-16-9-7-11(15-16)14(19)17-8-3-5-10-4-2-6-12(18)13(10)17/h2,4,6-7,9,18H,3,5,8H2,1H3. The van der Waals surface area contributed by atoms with Gasteiger partial charge < -0.3 is 10.0 Å². The predicted molar refractivity (Wildman–Crippen MR) is 71.3 cm³/mol. The summed E-state index contributed by atoms with van der Waals surface area (Å²) in [7, 11) is 1.78. The van der Waals surface area contributed by atoms with Crippen molar-refractivity contribution in [1.82, 2.24) is 9.78 Å². The third-order valence-corrected chi connectivity index (χ3v) is 3.37. The molecule has 1 aromatic heterocycles. The van der Waals surface area contributed by atoms with Crippen LogP contribution in [0.15, 0.2) is 30.5 Å². The molecule has 5 nitrogen and oxygen atoms in total. The van der Waals surface area contributed by atoms with Gasteiger partial charge in [-0.15, -0.1) is 0 Å². The number of carbonyl (C=O) groups excluding carboxylic acids is 1. The van der Waals surface area contributed by atoms with Crippen LogP contribution in [0.4, 0.5) is 5.69 Å². The molecule has 1 amide bonds. The Morgan fingerprint density at radius 3 is 2.95 bits per heavy atom. The molecule has 3 rings (SSSR count). The molecule has 0 spiro atoms. The molecule has 19 heavy (non-hydrogen) atoms. The molecule has 2 aromatic rings. The number of aromatic hydroxyl groups is 1. The van der Waals surface area contributed by atoms with Gasteiger partial charge in [-0.05, 0) is 30.5 Å². The van der Waals surface area contributed by atoms with Gasteiger partial charge in [0.15, 0.2) is 5.69 Å². The van der Waals surface area contributed by atoms with Crippen LogP contribution in [0.25, 0.3) is 0 Å². The van der Waals surface area contributed by atoms with Gasteiger partial charge in [-0.25, -0.2) is 0 Å². The van der Waals surface area contributed by atoms with E-state index in [4.69, 9.17) is 0 Å². The Morgan fingerprint density at radius 1 is 1.37 bits per heavy atom. The van der Waals surface area contributed by atoms with E-state index < -0.39 is 0 Å². The monoisotopic (exact) mass is 257 g/mol. The van der Waals surface area contributed by atoms with Gasteiger partial charge in [0.05, 0.1) is 5.69 Å². The van der Waals surface area contributed by atoms with Crippen LogP contribution in [0, 0.1) is 0 Å². The number of benzene rings is 1. The minimum absolute atomic E-state index is 0.154. The van der Waals surface area contributed by atoms with E-state index in [-0.39, 0.29) is 11.7 Å². The van der Waals surface area contributed by atoms with Crippen LogP contribution >= 0.6 is 0 Å². The summed E-state index contributed by atoms with van der Waals surface area (Å²) in [6, 6.07) is 7.06. The summed E-state index contributed by atoms with van der Waals surface area (Å²) < 4.78 is 1.60. The number of aryl methyl sites for hydroxylation is 2. The molecule has 5 heteroatoms. The van der Waals surface area contributed by atoms with E-state index >= 15 is 0 Å². The molecule has 1 aromatic carbocycles. The predicted octanol–water partition coefficient (Wildman–Crippen LogP) is 1.72. The van der Waals surface area contributed by atoms with Gasteiger partial charge in [-0.1, -0.05) is 12.1 Å². The summed E-state index contributed by atoms with van der Waals surface area (Å²) in [5.74, 6) is -0.00969. The lowest BCUT2D eigenvalue weighted by atomic mass is 10.0. The van der Waals surface area contributed by atoms with Gasteiger partial charge in [0, 0.05) is 19.8 Å². The Kier molecular flexibility index (Phi) is 2.74. The van der Waals surface area contributed by atoms with E-state index in [2.05, 4.69) is 5.10 Å². The normalized spacial score (nSPS) is 14.3. The van der Waals surface area contributed by atoms with Crippen molar-refractivity contribution in [3.63, 3.8) is 0 Å². The van der Waals surface area contributed by atoms with Gasteiger partial charge in [0.25, 0.3) is 5.91 Å². The zero-order valence-corrected chi connectivity index (χ0v) is 10.7. The molecule has 1 aliphatic rings. The van der Waals surface area contributed by atoms with Crippen LogP contribution in [0.5, 0.6) is 5.75 Å². The van der Waals surface area contributed by atoms with Gasteiger partial charge in [-0.2, -0.15) is 5.10 Å². The highest BCUT2D eigenvalue weighted by Gasteiger charge is 2.27. The number of para-hydroxylation sites is 1. The lowest BCUT2D eigenvalue weighted by molar-refractivity contribution is 0.0979. The average Bonchev–Trinajstić information content (AvgIpc) is 2.84. The highest BCUT2D eigenvalue weighted by atomic mass is 16.3. The number of phenols is 1. The zero-order valence-electron chi connectivity index (χ0n) is 10.7. The Bertz CT molecular complexity index is 633. The lowest BCUT2D eigenvalue weighted by Crippen LogP contribution is -2.35. The maximum absolute atomic E-state index is 12.5. The summed E-state index contributed by atoms with van der Waals surface area (Å²) in [6.07, 6.45) is 3.52. The van der Waals surface area contributed by atoms with Gasteiger partial charge in [-0.3, -0.25) is 9.48 Å². The van der Waals surface area contributed by atoms with Crippen LogP contribution in [-0.4, -0.2) is 27.3 Å². The summed E-state index contributed by atoms with van der Waals surface area (Å²) in [4.78, 5) is 14.1. The number of carbonyl (C=O) groups is 1. The fourth-order valence-electron chi connectivity index (χ4n) is 2.50. The number of amides is 1. The topological polar surface area (TPSA) is 58.4 Å². The van der Waals surface area contributed by atoms with E-state index in [1.165, 1.54) is 0 Å². The quantitative estimate of drug-likeness (QED) is 0.846. The van der Waals surface area contributed by atoms with Crippen LogP contribution in [0.1, 0.15) is 22.5 Å². The molecule has 0 radical (unpaired) electrons. The van der Waals surface area contributed by atoms with E-state index in [1.54, 1.807) is 35.0 Å². The van der Waals surface area contributed by atoms with Gasteiger partial charge in [0.2, 0.25) is 0 Å². The summed E-state index contributed by atoms with van der Waals surface area (Å²) >= 11 is 0. The van der Waals surface area contributed by atoms with Crippen molar-refractivity contribution in [1.29, 1.82) is 0 Å². The number of phenolic OH excluding ortho intramolecular Hbond substituents is 1. The first-order valence-corrected chi connectivity index (χ1v) is 6.29. The van der Waals surface area contributed by atoms with Gasteiger partial charge >= 0.3 is 0 Å². The maximum Gasteiger partial charge on any atom is 0.278 e. The molecule has 1 aliphatic heterocycles. The number of nitrogens with zero attached hydrogens (tertiary/aromatic N) is 3. The SMILES string of the molecule is Cn1ccc(C(=O)N2CCCc3cccc(O)c32)n1. The molecule has 0 bridgehead atoms. The van der Waals surface area contributed by atoms with E-state index in [0.717, 1.165) is 18.4 Å². The maximum atomic E-state index is 12.5. The largest absolute Gasteiger partial charge is 0.506 e. The number of aromatic nitrogens is 2. The fourth-order valence-corrected chi connectivity index (χ4v) is 2.50. The van der Waals surface area contributed by atoms with Crippen molar-refractivity contribution >= 4 is 11.6 Å². The summed E-state index contributed by atoms with van der Waals surface area (Å²) in [6.45, 7) is 0.611. The fraction of sp³-hybridized carbons (Fsp3) is 0.286. The molecular formula is C14H15N3O2. The van der Waals surface area contributed by atoms with Crippen molar-refractivity contribution in [2.75, 3.05) is 11.4 Å². The number of hydrogen-bond donors (Lipinski definition) is 1. The molecule has 0 atom stereocenters. The Labute approximate surface area is 111 Å². The molecular weight excluding hydrogens is 242 g/mol. The Morgan fingerprint density at radius 2 is 2.21 bits per heavy atom. The highest BCUT2D eigenvalue weighted by molar-refractivity contribution is 6.06. The minimum atomic E-state index is -0.164. The molecule has 0 unspecified atom stereocenters. The average molecular weight is 257 g/mol. The smallest absolute Gasteiger partial charge is 0.278 e. The second kappa shape index (κ2) is 4.42. The van der Waals surface area contributed by atoms with Crippen molar-refractivity contribution < 1.29 is 9.90 Å². The third-order valence-electron chi connectivity index (χ3n) is 3.37. The number of rotatable bonds is 1. The second-order valence-corrected chi connectivity index (χ2v) is 4.72. The molecule has 0 saturated heterocycles. The van der Waals surface area contributed by atoms with Crippen molar-refractivity contribution in [2.24, 2.45) is 7.05 Å². The number of anilines is 1. The van der Waals surface area contributed by atoms with Crippen LogP contribution < -0.4 is 4.90 Å². The molecule has 2 heterocycles. The lowest BCUT2D eigenvalue weighted by Gasteiger charge is -2.29. The van der Waals surface area contributed by atoms with Crippen LogP contribution in [0.2, 0.25) is 0 Å². The molecule has 98 valence electrons. The Balaban J connectivity index is 2.02. The number of hydrogen-bond acceptors (Lipinski definition) is 3. The Hall–Kier alpha value is -2.30.